The van der Waals surface area contributed by atoms with E-state index >= 15 is 0 Å². The lowest BCUT2D eigenvalue weighted by Crippen LogP contribution is -2.40. The van der Waals surface area contributed by atoms with Crippen LogP contribution in [0.4, 0.5) is 0 Å². The lowest BCUT2D eigenvalue weighted by atomic mass is 9.59. The number of nitrogens with zero attached hydrogens (tertiary/aromatic N) is 3. The molecule has 6 aromatic carbocycles. The Morgan fingerprint density at radius 2 is 1.12 bits per heavy atom. The minimum Gasteiger partial charge on any atom is -0.456 e. The second-order valence-corrected chi connectivity index (χ2v) is 15.6. The molecule has 4 fully saturated rings. The maximum absolute atomic E-state index is 6.88. The molecule has 2 aromatic heterocycles. The summed E-state index contributed by atoms with van der Waals surface area (Å²) in [7, 11) is 0. The predicted octanol–water partition coefficient (Wildman–Crippen LogP) is 11.8. The normalized spacial score (nSPS) is 23.5. The Morgan fingerprint density at radius 1 is 0.500 bits per heavy atom. The summed E-state index contributed by atoms with van der Waals surface area (Å²) in [5, 5.41) is 2.45. The van der Waals surface area contributed by atoms with Gasteiger partial charge in [0.1, 0.15) is 11.2 Å². The Hall–Kier alpha value is -5.87. The molecule has 5 atom stereocenters. The van der Waals surface area contributed by atoms with Crippen molar-refractivity contribution in [2.75, 3.05) is 0 Å². The van der Waals surface area contributed by atoms with Crippen LogP contribution in [0.5, 0.6) is 0 Å². The van der Waals surface area contributed by atoms with Crippen LogP contribution in [0.15, 0.2) is 144 Å². The molecule has 0 saturated heterocycles. The molecule has 5 unspecified atom stereocenters. The highest BCUT2D eigenvalue weighted by atomic mass is 16.3. The Balaban J connectivity index is 1.05. The van der Waals surface area contributed by atoms with E-state index in [1.54, 1.807) is 0 Å². The quantitative estimate of drug-likeness (QED) is 0.187. The van der Waals surface area contributed by atoms with E-state index in [0.29, 0.717) is 29.3 Å². The van der Waals surface area contributed by atoms with Crippen LogP contribution in [0.3, 0.4) is 0 Å². The molecule has 0 radical (unpaired) electrons. The molecule has 13 rings (SSSR count). The Labute approximate surface area is 302 Å². The van der Waals surface area contributed by atoms with Crippen molar-refractivity contribution in [2.24, 2.45) is 23.7 Å². The first-order chi connectivity index (χ1) is 25.7. The summed E-state index contributed by atoms with van der Waals surface area (Å²) >= 11 is 0. The van der Waals surface area contributed by atoms with Crippen LogP contribution in [-0.4, -0.2) is 15.0 Å². The highest BCUT2D eigenvalue weighted by Gasteiger charge is 2.66. The Bertz CT molecular complexity index is 2710. The van der Waals surface area contributed by atoms with Gasteiger partial charge in [0, 0.05) is 38.4 Å². The molecular weight excluding hydrogens is 635 g/mol. The summed E-state index contributed by atoms with van der Waals surface area (Å²) in [6.45, 7) is 0. The smallest absolute Gasteiger partial charge is 0.164 e. The van der Waals surface area contributed by atoms with E-state index in [1.165, 1.54) is 69.8 Å². The van der Waals surface area contributed by atoms with Crippen molar-refractivity contribution in [2.45, 2.75) is 31.1 Å². The zero-order valence-electron chi connectivity index (χ0n) is 28.7. The van der Waals surface area contributed by atoms with Crippen LogP contribution in [-0.2, 0) is 5.41 Å². The zero-order chi connectivity index (χ0) is 34.0. The second-order valence-electron chi connectivity index (χ2n) is 15.6. The summed E-state index contributed by atoms with van der Waals surface area (Å²) in [5.74, 6) is 4.96. The Morgan fingerprint density at radius 3 is 1.88 bits per heavy atom. The van der Waals surface area contributed by atoms with Gasteiger partial charge in [-0.05, 0) is 95.4 Å². The third-order valence-electron chi connectivity index (χ3n) is 13.1. The molecule has 1 spiro atoms. The molecular formula is C48H35N3O. The standard InChI is InChI=1S/C48H35N3O/c1-3-9-29(10-4-1)30-15-17-32(18-16-30)46-49-45(31-11-5-2-6-12-31)50-47(51-46)33-19-20-36-38-21-22-39-37-13-7-8-14-42(37)52-44(39)43(38)48(41(36)27-33)35-24-28-23-34(26-35)40(48)25-28/h1-22,27-28,34-35,40H,23-26H2. The van der Waals surface area contributed by atoms with Crippen LogP contribution >= 0.6 is 0 Å². The van der Waals surface area contributed by atoms with Crippen molar-refractivity contribution in [3.05, 3.63) is 151 Å². The first-order valence-electron chi connectivity index (χ1n) is 18.8. The zero-order valence-corrected chi connectivity index (χ0v) is 28.7. The van der Waals surface area contributed by atoms with Gasteiger partial charge in [0.25, 0.3) is 0 Å². The molecule has 0 aliphatic heterocycles. The number of hydrogen-bond donors (Lipinski definition) is 0. The third-order valence-corrected chi connectivity index (χ3v) is 13.1. The summed E-state index contributed by atoms with van der Waals surface area (Å²) in [5.41, 5.74) is 13.0. The van der Waals surface area contributed by atoms with E-state index in [0.717, 1.165) is 39.7 Å². The van der Waals surface area contributed by atoms with Crippen molar-refractivity contribution >= 4 is 21.9 Å². The van der Waals surface area contributed by atoms with Crippen molar-refractivity contribution in [3.63, 3.8) is 0 Å². The van der Waals surface area contributed by atoms with Gasteiger partial charge in [0.05, 0.1) is 0 Å². The average molecular weight is 670 g/mol. The van der Waals surface area contributed by atoms with E-state index in [4.69, 9.17) is 19.4 Å². The molecule has 4 bridgehead atoms. The van der Waals surface area contributed by atoms with E-state index in [2.05, 4.69) is 121 Å². The summed E-state index contributed by atoms with van der Waals surface area (Å²) < 4.78 is 6.88. The van der Waals surface area contributed by atoms with Crippen LogP contribution in [0.2, 0.25) is 0 Å². The van der Waals surface area contributed by atoms with Gasteiger partial charge in [-0.3, -0.25) is 0 Å². The van der Waals surface area contributed by atoms with Crippen molar-refractivity contribution in [1.29, 1.82) is 0 Å². The highest BCUT2D eigenvalue weighted by Crippen LogP contribution is 2.73. The number of furan rings is 1. The maximum Gasteiger partial charge on any atom is 0.164 e. The van der Waals surface area contributed by atoms with E-state index in [-0.39, 0.29) is 5.41 Å². The molecule has 52 heavy (non-hydrogen) atoms. The third kappa shape index (κ3) is 3.90. The van der Waals surface area contributed by atoms with Gasteiger partial charge in [-0.1, -0.05) is 121 Å². The van der Waals surface area contributed by atoms with Crippen LogP contribution in [0, 0.1) is 23.7 Å². The predicted molar refractivity (Wildman–Crippen MR) is 207 cm³/mol. The van der Waals surface area contributed by atoms with E-state index < -0.39 is 0 Å². The fraction of sp³-hybridized carbons (Fsp3) is 0.188. The molecule has 0 amide bonds. The number of hydrogen-bond acceptors (Lipinski definition) is 4. The van der Waals surface area contributed by atoms with Gasteiger partial charge < -0.3 is 4.42 Å². The maximum atomic E-state index is 6.88. The second kappa shape index (κ2) is 10.6. The molecule has 2 heterocycles. The fourth-order valence-corrected chi connectivity index (χ4v) is 11.2. The fourth-order valence-electron chi connectivity index (χ4n) is 11.2. The summed E-state index contributed by atoms with van der Waals surface area (Å²) in [4.78, 5) is 15.5. The average Bonchev–Trinajstić information content (AvgIpc) is 3.89. The molecule has 4 heteroatoms. The molecule has 4 saturated carbocycles. The topological polar surface area (TPSA) is 51.8 Å². The van der Waals surface area contributed by atoms with Gasteiger partial charge in [0.15, 0.2) is 17.5 Å². The van der Waals surface area contributed by atoms with Gasteiger partial charge >= 0.3 is 0 Å². The Kier molecular flexibility index (Phi) is 5.86. The molecule has 5 aliphatic carbocycles. The minimum atomic E-state index is -0.0584. The monoisotopic (exact) mass is 669 g/mol. The number of fused-ring (bicyclic) bond motifs is 7. The van der Waals surface area contributed by atoms with Crippen LogP contribution in [0.1, 0.15) is 36.8 Å². The first kappa shape index (κ1) is 28.8. The molecule has 4 nitrogen and oxygen atoms in total. The minimum absolute atomic E-state index is 0.0584. The van der Waals surface area contributed by atoms with E-state index in [1.807, 2.05) is 18.2 Å². The van der Waals surface area contributed by atoms with Crippen molar-refractivity contribution in [1.82, 2.24) is 15.0 Å². The van der Waals surface area contributed by atoms with Gasteiger partial charge in [-0.2, -0.15) is 0 Å². The summed E-state index contributed by atoms with van der Waals surface area (Å²) in [6.07, 6.45) is 5.31. The van der Waals surface area contributed by atoms with Crippen molar-refractivity contribution < 1.29 is 4.42 Å². The first-order valence-corrected chi connectivity index (χ1v) is 18.8. The van der Waals surface area contributed by atoms with Gasteiger partial charge in [-0.25, -0.2) is 15.0 Å². The van der Waals surface area contributed by atoms with Crippen molar-refractivity contribution in [3.8, 4) is 56.4 Å². The molecule has 248 valence electrons. The van der Waals surface area contributed by atoms with E-state index in [9.17, 15) is 0 Å². The number of para-hydroxylation sites is 1. The van der Waals surface area contributed by atoms with Crippen LogP contribution < -0.4 is 0 Å². The van der Waals surface area contributed by atoms with Gasteiger partial charge in [-0.15, -0.1) is 0 Å². The number of rotatable bonds is 4. The number of benzene rings is 6. The lowest BCUT2D eigenvalue weighted by molar-refractivity contribution is 0.191. The molecule has 5 aliphatic rings. The number of aromatic nitrogens is 3. The SMILES string of the molecule is c1ccc(-c2ccc(-c3nc(-c4ccccc4)nc(-c4ccc5c(c4)C4(c6c-5ccc5c6oc6ccccc65)C5CC6CC(C5)C4C6)n3)cc2)cc1. The molecule has 8 aromatic rings. The van der Waals surface area contributed by atoms with Gasteiger partial charge in [0.2, 0.25) is 0 Å². The van der Waals surface area contributed by atoms with Crippen LogP contribution in [0.25, 0.3) is 78.4 Å². The summed E-state index contributed by atoms with van der Waals surface area (Å²) in [6, 6.07) is 49.7. The largest absolute Gasteiger partial charge is 0.456 e. The molecule has 0 N–H and O–H groups in total. The lowest BCUT2D eigenvalue weighted by Gasteiger charge is -2.43. The highest BCUT2D eigenvalue weighted by molar-refractivity contribution is 6.09.